The van der Waals surface area contributed by atoms with Crippen LogP contribution in [0.5, 0.6) is 5.75 Å². The molecule has 2 rings (SSSR count). The molecule has 0 saturated heterocycles. The predicted octanol–water partition coefficient (Wildman–Crippen LogP) is 3.21. The van der Waals surface area contributed by atoms with E-state index in [0.29, 0.717) is 0 Å². The molecule has 0 amide bonds. The molecule has 13 heavy (non-hydrogen) atoms. The molecule has 72 valence electrons. The topological polar surface area (TPSA) is 9.23 Å². The third kappa shape index (κ3) is 1.85. The summed E-state index contributed by atoms with van der Waals surface area (Å²) < 4.78 is 5.31. The van der Waals surface area contributed by atoms with E-state index in [-0.39, 0.29) is 7.43 Å². The fourth-order valence-electron chi connectivity index (χ4n) is 1.94. The second-order valence-electron chi connectivity index (χ2n) is 3.31. The Morgan fingerprint density at radius 3 is 2.69 bits per heavy atom. The Morgan fingerprint density at radius 1 is 1.15 bits per heavy atom. The number of methoxy groups -OCH3 is 1. The highest BCUT2D eigenvalue weighted by molar-refractivity contribution is 5.41. The van der Waals surface area contributed by atoms with Gasteiger partial charge >= 0.3 is 0 Å². The molecular formula is C12H18O. The first kappa shape index (κ1) is 10.1. The van der Waals surface area contributed by atoms with Crippen molar-refractivity contribution in [1.82, 2.24) is 0 Å². The molecule has 1 aromatic rings. The summed E-state index contributed by atoms with van der Waals surface area (Å²) in [7, 11) is 1.75. The average molecular weight is 178 g/mol. The summed E-state index contributed by atoms with van der Waals surface area (Å²) in [5, 5.41) is 0. The van der Waals surface area contributed by atoms with E-state index < -0.39 is 0 Å². The highest BCUT2D eigenvalue weighted by Crippen LogP contribution is 2.28. The van der Waals surface area contributed by atoms with Gasteiger partial charge in [-0.2, -0.15) is 0 Å². The van der Waals surface area contributed by atoms with Gasteiger partial charge in [-0.3, -0.25) is 0 Å². The molecule has 0 aliphatic heterocycles. The first-order valence-corrected chi connectivity index (χ1v) is 4.56. The quantitative estimate of drug-likeness (QED) is 0.641. The zero-order valence-electron chi connectivity index (χ0n) is 7.47. The molecule has 0 atom stereocenters. The van der Waals surface area contributed by atoms with E-state index in [1.807, 2.05) is 0 Å². The van der Waals surface area contributed by atoms with E-state index in [1.165, 1.54) is 36.8 Å². The highest BCUT2D eigenvalue weighted by Gasteiger charge is 2.12. The van der Waals surface area contributed by atoms with Crippen LogP contribution in [0.4, 0.5) is 0 Å². The van der Waals surface area contributed by atoms with Crippen molar-refractivity contribution in [2.45, 2.75) is 33.1 Å². The van der Waals surface area contributed by atoms with Crippen LogP contribution in [-0.4, -0.2) is 7.11 Å². The van der Waals surface area contributed by atoms with E-state index in [9.17, 15) is 0 Å². The Bertz CT molecular complexity index is 264. The Kier molecular flexibility index (Phi) is 3.35. The van der Waals surface area contributed by atoms with Crippen molar-refractivity contribution in [1.29, 1.82) is 0 Å². The maximum atomic E-state index is 5.31. The SMILES string of the molecule is C.COc1cccc2c1CCCC2. The van der Waals surface area contributed by atoms with Crippen LogP contribution in [0.15, 0.2) is 18.2 Å². The number of hydrogen-bond donors (Lipinski definition) is 0. The summed E-state index contributed by atoms with van der Waals surface area (Å²) in [6.45, 7) is 0. The van der Waals surface area contributed by atoms with Crippen LogP contribution in [0.1, 0.15) is 31.4 Å². The molecule has 1 aliphatic rings. The second kappa shape index (κ2) is 4.31. The van der Waals surface area contributed by atoms with Gasteiger partial charge in [-0.15, -0.1) is 0 Å². The van der Waals surface area contributed by atoms with Crippen molar-refractivity contribution in [2.24, 2.45) is 0 Å². The molecular weight excluding hydrogens is 160 g/mol. The van der Waals surface area contributed by atoms with Crippen molar-refractivity contribution in [3.05, 3.63) is 29.3 Å². The molecule has 0 aromatic heterocycles. The predicted molar refractivity (Wildman–Crippen MR) is 56.4 cm³/mol. The van der Waals surface area contributed by atoms with Crippen molar-refractivity contribution in [2.75, 3.05) is 7.11 Å². The third-order valence-corrected chi connectivity index (χ3v) is 2.57. The van der Waals surface area contributed by atoms with Crippen molar-refractivity contribution < 1.29 is 4.74 Å². The number of aryl methyl sites for hydroxylation is 1. The molecule has 0 spiro atoms. The molecule has 0 heterocycles. The number of fused-ring (bicyclic) bond motifs is 1. The largest absolute Gasteiger partial charge is 0.496 e. The van der Waals surface area contributed by atoms with Gasteiger partial charge in [-0.25, -0.2) is 0 Å². The highest BCUT2D eigenvalue weighted by atomic mass is 16.5. The van der Waals surface area contributed by atoms with Crippen molar-refractivity contribution in [3.63, 3.8) is 0 Å². The van der Waals surface area contributed by atoms with E-state index in [0.717, 1.165) is 5.75 Å². The lowest BCUT2D eigenvalue weighted by atomic mass is 9.91. The van der Waals surface area contributed by atoms with Crippen LogP contribution in [0.3, 0.4) is 0 Å². The Labute approximate surface area is 80.7 Å². The third-order valence-electron chi connectivity index (χ3n) is 2.57. The Morgan fingerprint density at radius 2 is 1.92 bits per heavy atom. The summed E-state index contributed by atoms with van der Waals surface area (Å²) in [5.74, 6) is 1.08. The van der Waals surface area contributed by atoms with E-state index >= 15 is 0 Å². The number of ether oxygens (including phenoxy) is 1. The number of rotatable bonds is 1. The van der Waals surface area contributed by atoms with Crippen LogP contribution < -0.4 is 4.74 Å². The Hall–Kier alpha value is -0.980. The summed E-state index contributed by atoms with van der Waals surface area (Å²) in [5.41, 5.74) is 2.92. The van der Waals surface area contributed by atoms with E-state index in [2.05, 4.69) is 18.2 Å². The molecule has 0 radical (unpaired) electrons. The van der Waals surface area contributed by atoms with Gasteiger partial charge in [0.05, 0.1) is 7.11 Å². The van der Waals surface area contributed by atoms with Crippen LogP contribution in [0, 0.1) is 0 Å². The van der Waals surface area contributed by atoms with Gasteiger partial charge in [0.25, 0.3) is 0 Å². The van der Waals surface area contributed by atoms with Gasteiger partial charge in [0.1, 0.15) is 5.75 Å². The summed E-state index contributed by atoms with van der Waals surface area (Å²) >= 11 is 0. The minimum Gasteiger partial charge on any atom is -0.496 e. The standard InChI is InChI=1S/C11H14O.CH4/c1-12-11-8-4-6-9-5-2-3-7-10(9)11;/h4,6,8H,2-3,5,7H2,1H3;1H4. The number of benzene rings is 1. The average Bonchev–Trinajstić information content (AvgIpc) is 2.17. The van der Waals surface area contributed by atoms with Crippen LogP contribution >= 0.6 is 0 Å². The first-order valence-electron chi connectivity index (χ1n) is 4.56. The van der Waals surface area contributed by atoms with Gasteiger partial charge in [0.2, 0.25) is 0 Å². The molecule has 0 fully saturated rings. The van der Waals surface area contributed by atoms with Gasteiger partial charge in [-0.1, -0.05) is 19.6 Å². The van der Waals surface area contributed by atoms with E-state index in [1.54, 1.807) is 7.11 Å². The van der Waals surface area contributed by atoms with Gasteiger partial charge in [0.15, 0.2) is 0 Å². The molecule has 0 saturated carbocycles. The summed E-state index contributed by atoms with van der Waals surface area (Å²) in [4.78, 5) is 0. The fourth-order valence-corrected chi connectivity index (χ4v) is 1.94. The molecule has 1 aliphatic carbocycles. The van der Waals surface area contributed by atoms with E-state index in [4.69, 9.17) is 4.74 Å². The zero-order valence-corrected chi connectivity index (χ0v) is 7.47. The maximum absolute atomic E-state index is 5.31. The van der Waals surface area contributed by atoms with Gasteiger partial charge in [-0.05, 0) is 42.9 Å². The smallest absolute Gasteiger partial charge is 0.122 e. The minimum atomic E-state index is 0. The lowest BCUT2D eigenvalue weighted by Gasteiger charge is -2.17. The van der Waals surface area contributed by atoms with Crippen LogP contribution in [-0.2, 0) is 12.8 Å². The normalized spacial score (nSPS) is 14.2. The molecule has 1 aromatic carbocycles. The fraction of sp³-hybridized carbons (Fsp3) is 0.500. The summed E-state index contributed by atoms with van der Waals surface area (Å²) in [6, 6.07) is 6.37. The van der Waals surface area contributed by atoms with Crippen LogP contribution in [0.2, 0.25) is 0 Å². The first-order chi connectivity index (χ1) is 5.92. The van der Waals surface area contributed by atoms with Gasteiger partial charge < -0.3 is 4.74 Å². The molecule has 1 nitrogen and oxygen atoms in total. The summed E-state index contributed by atoms with van der Waals surface area (Å²) in [6.07, 6.45) is 5.07. The molecule has 0 unspecified atom stereocenters. The zero-order chi connectivity index (χ0) is 8.39. The molecule has 0 bridgehead atoms. The molecule has 1 heteroatoms. The maximum Gasteiger partial charge on any atom is 0.122 e. The minimum absolute atomic E-state index is 0. The lowest BCUT2D eigenvalue weighted by molar-refractivity contribution is 0.406. The monoisotopic (exact) mass is 178 g/mol. The molecule has 0 N–H and O–H groups in total. The van der Waals surface area contributed by atoms with Crippen molar-refractivity contribution >= 4 is 0 Å². The van der Waals surface area contributed by atoms with Gasteiger partial charge in [0, 0.05) is 0 Å². The second-order valence-corrected chi connectivity index (χ2v) is 3.31. The van der Waals surface area contributed by atoms with Crippen molar-refractivity contribution in [3.8, 4) is 5.75 Å². The lowest BCUT2D eigenvalue weighted by Crippen LogP contribution is -2.04. The van der Waals surface area contributed by atoms with Crippen LogP contribution in [0.25, 0.3) is 0 Å². The number of hydrogen-bond acceptors (Lipinski definition) is 1. The Balaban J connectivity index is 0.000000845.